The van der Waals surface area contributed by atoms with Crippen molar-refractivity contribution in [1.82, 2.24) is 15.0 Å². The molecule has 12 heteroatoms. The fraction of sp³-hybridized carbons (Fsp3) is 0.304. The predicted molar refractivity (Wildman–Crippen MR) is 135 cm³/mol. The van der Waals surface area contributed by atoms with Gasteiger partial charge in [-0.05, 0) is 6.07 Å². The summed E-state index contributed by atoms with van der Waals surface area (Å²) in [6.07, 6.45) is 1.66. The lowest BCUT2D eigenvalue weighted by atomic mass is 9.95. The van der Waals surface area contributed by atoms with Crippen LogP contribution < -0.4 is 25.8 Å². The van der Waals surface area contributed by atoms with Gasteiger partial charge in [-0.25, -0.2) is 15.0 Å². The lowest BCUT2D eigenvalue weighted by Gasteiger charge is -2.20. The SMILES string of the molecule is C=C(C(N)=O)[C@H]1COC[C@H]1Nc1ncc2cc(-c3c(Cl)c(OC)cc(OC)c3Cl)nc(NC)c2n1. The molecule has 1 fully saturated rings. The molecule has 184 valence electrons. The van der Waals surface area contributed by atoms with Gasteiger partial charge < -0.3 is 30.6 Å². The van der Waals surface area contributed by atoms with Gasteiger partial charge in [0.2, 0.25) is 11.9 Å². The molecule has 0 bridgehead atoms. The van der Waals surface area contributed by atoms with Gasteiger partial charge in [-0.2, -0.15) is 0 Å². The molecule has 0 unspecified atom stereocenters. The lowest BCUT2D eigenvalue weighted by molar-refractivity contribution is -0.115. The summed E-state index contributed by atoms with van der Waals surface area (Å²) in [5, 5.41) is 7.57. The van der Waals surface area contributed by atoms with Crippen LogP contribution in [0.4, 0.5) is 11.8 Å². The number of pyridine rings is 1. The molecule has 0 saturated carbocycles. The van der Waals surface area contributed by atoms with Crippen LogP contribution in [0.3, 0.4) is 0 Å². The van der Waals surface area contributed by atoms with Crippen LogP contribution in [0.2, 0.25) is 10.0 Å². The van der Waals surface area contributed by atoms with Crippen molar-refractivity contribution in [3.05, 3.63) is 40.5 Å². The first-order valence-corrected chi connectivity index (χ1v) is 11.3. The van der Waals surface area contributed by atoms with Crippen molar-refractivity contribution in [2.45, 2.75) is 6.04 Å². The third-order valence-corrected chi connectivity index (χ3v) is 6.54. The number of amides is 1. The number of nitrogens with zero attached hydrogens (tertiary/aromatic N) is 3. The van der Waals surface area contributed by atoms with Gasteiger partial charge in [0.15, 0.2) is 5.82 Å². The third-order valence-electron chi connectivity index (χ3n) is 5.79. The quantitative estimate of drug-likeness (QED) is 0.382. The number of carbonyl (C=O) groups excluding carboxylic acids is 1. The zero-order chi connectivity index (χ0) is 25.3. The Morgan fingerprint density at radius 2 is 1.86 bits per heavy atom. The first-order valence-electron chi connectivity index (χ1n) is 10.6. The summed E-state index contributed by atoms with van der Waals surface area (Å²) in [5.74, 6) is 0.795. The Kier molecular flexibility index (Phi) is 7.15. The number of carbonyl (C=O) groups is 1. The van der Waals surface area contributed by atoms with Crippen molar-refractivity contribution < 1.29 is 19.0 Å². The molecule has 35 heavy (non-hydrogen) atoms. The minimum Gasteiger partial charge on any atom is -0.495 e. The molecule has 1 amide bonds. The minimum absolute atomic E-state index is 0.250. The van der Waals surface area contributed by atoms with E-state index in [9.17, 15) is 4.79 Å². The molecule has 1 aliphatic rings. The molecular formula is C23H24Cl2N6O4. The standard InChI is InChI=1S/C23H24Cl2N6O4/c1-10(21(26)32)12-8-35-9-14(12)30-23-28-7-11-5-13(29-22(27-2)20(11)31-23)17-18(24)15(33-3)6-16(34-4)19(17)25/h5-7,12,14H,1,8-9H2,2-4H3,(H2,26,32)(H,27,29)(H,28,30,31)/t12-,14-/m1/s1. The molecule has 0 aliphatic carbocycles. The smallest absolute Gasteiger partial charge is 0.244 e. The number of halogens is 2. The number of nitrogens with one attached hydrogen (secondary N) is 2. The van der Waals surface area contributed by atoms with Crippen LogP contribution in [-0.4, -0.2) is 61.4 Å². The predicted octanol–water partition coefficient (Wildman–Crippen LogP) is 3.53. The monoisotopic (exact) mass is 518 g/mol. The fourth-order valence-electron chi connectivity index (χ4n) is 3.91. The molecule has 3 heterocycles. The zero-order valence-electron chi connectivity index (χ0n) is 19.3. The number of aromatic nitrogens is 3. The minimum atomic E-state index is -0.563. The van der Waals surface area contributed by atoms with E-state index in [2.05, 4.69) is 27.2 Å². The van der Waals surface area contributed by atoms with E-state index in [1.807, 2.05) is 0 Å². The second kappa shape index (κ2) is 10.1. The van der Waals surface area contributed by atoms with Gasteiger partial charge in [-0.3, -0.25) is 4.79 Å². The van der Waals surface area contributed by atoms with E-state index in [1.165, 1.54) is 14.2 Å². The Labute approximate surface area is 211 Å². The number of rotatable bonds is 8. The number of methoxy groups -OCH3 is 2. The van der Waals surface area contributed by atoms with Crippen molar-refractivity contribution in [3.63, 3.8) is 0 Å². The second-order valence-corrected chi connectivity index (χ2v) is 8.56. The van der Waals surface area contributed by atoms with Crippen LogP contribution >= 0.6 is 23.2 Å². The van der Waals surface area contributed by atoms with E-state index >= 15 is 0 Å². The normalized spacial score (nSPS) is 17.3. The summed E-state index contributed by atoms with van der Waals surface area (Å²) >= 11 is 13.2. The number of hydrogen-bond donors (Lipinski definition) is 3. The Morgan fingerprint density at radius 1 is 1.17 bits per heavy atom. The van der Waals surface area contributed by atoms with Crippen LogP contribution in [0.15, 0.2) is 30.5 Å². The average molecular weight is 519 g/mol. The number of primary amides is 1. The van der Waals surface area contributed by atoms with E-state index in [1.54, 1.807) is 25.4 Å². The molecule has 4 N–H and O–H groups in total. The van der Waals surface area contributed by atoms with Crippen LogP contribution in [0, 0.1) is 5.92 Å². The van der Waals surface area contributed by atoms with Crippen LogP contribution in [-0.2, 0) is 9.53 Å². The number of anilines is 2. The maximum absolute atomic E-state index is 11.6. The Balaban J connectivity index is 1.75. The summed E-state index contributed by atoms with van der Waals surface area (Å²) in [7, 11) is 4.74. The Morgan fingerprint density at radius 3 is 2.46 bits per heavy atom. The topological polar surface area (TPSA) is 134 Å². The third kappa shape index (κ3) is 4.64. The lowest BCUT2D eigenvalue weighted by Crippen LogP contribution is -2.33. The molecule has 0 spiro atoms. The molecular weight excluding hydrogens is 495 g/mol. The first kappa shape index (κ1) is 24.8. The molecule has 10 nitrogen and oxygen atoms in total. The number of benzene rings is 1. The summed E-state index contributed by atoms with van der Waals surface area (Å²) in [4.78, 5) is 25.3. The van der Waals surface area contributed by atoms with Crippen molar-refractivity contribution >= 4 is 51.8 Å². The number of nitrogens with two attached hydrogens (primary N) is 1. The van der Waals surface area contributed by atoms with E-state index in [4.69, 9.17) is 48.1 Å². The Bertz CT molecular complexity index is 1290. The summed E-state index contributed by atoms with van der Waals surface area (Å²) in [5.41, 5.74) is 7.21. The van der Waals surface area contributed by atoms with Gasteiger partial charge in [0.25, 0.3) is 0 Å². The van der Waals surface area contributed by atoms with E-state index < -0.39 is 5.91 Å². The van der Waals surface area contributed by atoms with Gasteiger partial charge in [0, 0.05) is 41.8 Å². The molecule has 0 radical (unpaired) electrons. The Hall–Kier alpha value is -3.34. The molecule has 1 aromatic carbocycles. The molecule has 3 aromatic rings. The molecule has 2 atom stereocenters. The highest BCUT2D eigenvalue weighted by molar-refractivity contribution is 6.41. The highest BCUT2D eigenvalue weighted by Gasteiger charge is 2.33. The van der Waals surface area contributed by atoms with E-state index in [0.717, 1.165) is 0 Å². The van der Waals surface area contributed by atoms with Crippen molar-refractivity contribution in [1.29, 1.82) is 0 Å². The van der Waals surface area contributed by atoms with Crippen molar-refractivity contribution in [2.75, 3.05) is 45.1 Å². The molecule has 4 rings (SSSR count). The van der Waals surface area contributed by atoms with E-state index in [-0.39, 0.29) is 12.0 Å². The van der Waals surface area contributed by atoms with Gasteiger partial charge in [-0.15, -0.1) is 0 Å². The molecule has 1 aliphatic heterocycles. The van der Waals surface area contributed by atoms with Crippen LogP contribution in [0.25, 0.3) is 22.2 Å². The number of ether oxygens (including phenoxy) is 3. The van der Waals surface area contributed by atoms with Crippen LogP contribution in [0.5, 0.6) is 11.5 Å². The van der Waals surface area contributed by atoms with Crippen molar-refractivity contribution in [2.24, 2.45) is 11.7 Å². The maximum Gasteiger partial charge on any atom is 0.244 e. The van der Waals surface area contributed by atoms with Crippen LogP contribution in [0.1, 0.15) is 0 Å². The number of fused-ring (bicyclic) bond motifs is 1. The highest BCUT2D eigenvalue weighted by atomic mass is 35.5. The highest BCUT2D eigenvalue weighted by Crippen LogP contribution is 2.46. The largest absolute Gasteiger partial charge is 0.495 e. The zero-order valence-corrected chi connectivity index (χ0v) is 20.8. The van der Waals surface area contributed by atoms with Gasteiger partial charge in [0.05, 0.1) is 49.2 Å². The fourth-order valence-corrected chi connectivity index (χ4v) is 4.60. The summed E-state index contributed by atoms with van der Waals surface area (Å²) in [6, 6.07) is 3.14. The second-order valence-electron chi connectivity index (χ2n) is 7.81. The van der Waals surface area contributed by atoms with Gasteiger partial charge in [0.1, 0.15) is 17.0 Å². The molecule has 2 aromatic heterocycles. The average Bonchev–Trinajstić information content (AvgIpc) is 3.31. The summed E-state index contributed by atoms with van der Waals surface area (Å²) in [6.45, 7) is 4.49. The van der Waals surface area contributed by atoms with Gasteiger partial charge in [-0.1, -0.05) is 29.8 Å². The van der Waals surface area contributed by atoms with E-state index in [0.29, 0.717) is 74.3 Å². The first-order chi connectivity index (χ1) is 16.8. The summed E-state index contributed by atoms with van der Waals surface area (Å²) < 4.78 is 16.3. The van der Waals surface area contributed by atoms with Crippen molar-refractivity contribution in [3.8, 4) is 22.8 Å². The maximum atomic E-state index is 11.6. The number of hydrogen-bond acceptors (Lipinski definition) is 9. The van der Waals surface area contributed by atoms with Gasteiger partial charge >= 0.3 is 0 Å². The molecule has 1 saturated heterocycles.